The lowest BCUT2D eigenvalue weighted by Crippen LogP contribution is -2.56. The van der Waals surface area contributed by atoms with Gasteiger partial charge in [0, 0.05) is 36.8 Å². The van der Waals surface area contributed by atoms with Gasteiger partial charge in [-0.1, -0.05) is 43.3 Å². The summed E-state index contributed by atoms with van der Waals surface area (Å²) in [5.41, 5.74) is -8.72. The zero-order valence-corrected chi connectivity index (χ0v) is 24.6. The van der Waals surface area contributed by atoms with Crippen LogP contribution in [0.25, 0.3) is 0 Å². The number of carbonyl (C=O) groups excluding carboxylic acids is 2. The minimum Gasteiger partial charge on any atom is -0.376 e. The zero-order valence-electron chi connectivity index (χ0n) is 24.6. The number of hydrogen-bond acceptors (Lipinski definition) is 6. The molecule has 1 aliphatic heterocycles. The van der Waals surface area contributed by atoms with Gasteiger partial charge in [-0.15, -0.1) is 0 Å². The standard InChI is InChI=1S/C32H34F6O6/c1-4-43-25-15-29-13-21(39)14-30(29,44-25)28(3,27(2,26(29)40)18-41-16-20-9-6-5-7-10-20)19-42-17-22-23(31(33,34)35)11-8-12-24(22)32(36,37)38/h5-12,25H,4,13-19H2,1-3H3/t25-,27+,28+,29+,30-/m0/s1. The lowest BCUT2D eigenvalue weighted by molar-refractivity contribution is -0.232. The number of ether oxygens (including phenoxy) is 4. The number of Topliss-reactive ketones (excluding diaryl/α,β-unsaturated/α-hetero) is 2. The first kappa shape index (κ1) is 32.6. The molecule has 6 nitrogen and oxygen atoms in total. The third kappa shape index (κ3) is 4.98. The summed E-state index contributed by atoms with van der Waals surface area (Å²) in [4.78, 5) is 27.5. The summed E-state index contributed by atoms with van der Waals surface area (Å²) < 4.78 is 107. The van der Waals surface area contributed by atoms with Gasteiger partial charge in [0.2, 0.25) is 0 Å². The Hall–Kier alpha value is -2.80. The van der Waals surface area contributed by atoms with Crippen LogP contribution >= 0.6 is 0 Å². The fraction of sp³-hybridized carbons (Fsp3) is 0.562. The van der Waals surface area contributed by atoms with Crippen molar-refractivity contribution in [3.8, 4) is 0 Å². The minimum absolute atomic E-state index is 0.0877. The molecule has 5 atom stereocenters. The van der Waals surface area contributed by atoms with E-state index < -0.39 is 70.4 Å². The second kappa shape index (κ2) is 11.2. The topological polar surface area (TPSA) is 71.1 Å². The van der Waals surface area contributed by atoms with Crippen LogP contribution in [0.1, 0.15) is 62.3 Å². The van der Waals surface area contributed by atoms with Crippen molar-refractivity contribution < 1.29 is 54.9 Å². The fourth-order valence-electron chi connectivity index (χ4n) is 7.72. The van der Waals surface area contributed by atoms with Gasteiger partial charge in [-0.05, 0) is 31.5 Å². The number of rotatable bonds is 10. The van der Waals surface area contributed by atoms with Crippen molar-refractivity contribution in [2.24, 2.45) is 16.2 Å². The van der Waals surface area contributed by atoms with E-state index in [1.165, 1.54) is 0 Å². The average molecular weight is 629 g/mol. The van der Waals surface area contributed by atoms with Crippen molar-refractivity contribution in [2.75, 3.05) is 19.8 Å². The summed E-state index contributed by atoms with van der Waals surface area (Å²) in [6, 6.07) is 11.0. The van der Waals surface area contributed by atoms with Crippen molar-refractivity contribution in [1.29, 1.82) is 0 Å². The van der Waals surface area contributed by atoms with E-state index in [0.717, 1.165) is 5.56 Å². The molecular weight excluding hydrogens is 594 g/mol. The molecule has 3 fully saturated rings. The van der Waals surface area contributed by atoms with Crippen molar-refractivity contribution >= 4 is 11.6 Å². The summed E-state index contributed by atoms with van der Waals surface area (Å²) in [6.45, 7) is 3.77. The normalized spacial score (nSPS) is 31.9. The maximum absolute atomic E-state index is 14.5. The SMILES string of the molecule is CCO[C@@H]1C[C@@]23CC(=O)C[C@]2(O1)[C@](C)(COCc1c(C(F)(F)F)cccc1C(F)(F)F)[C@](C)(COCc1ccccc1)C3=O. The van der Waals surface area contributed by atoms with Crippen molar-refractivity contribution in [3.05, 3.63) is 70.8 Å². The molecule has 2 aliphatic carbocycles. The molecule has 2 saturated carbocycles. The van der Waals surface area contributed by atoms with Crippen LogP contribution in [0.15, 0.2) is 48.5 Å². The Labute approximate surface area is 251 Å². The monoisotopic (exact) mass is 628 g/mol. The molecule has 0 aromatic heterocycles. The smallest absolute Gasteiger partial charge is 0.376 e. The number of carbonyl (C=O) groups is 2. The molecule has 1 heterocycles. The van der Waals surface area contributed by atoms with E-state index in [4.69, 9.17) is 18.9 Å². The highest BCUT2D eigenvalue weighted by Gasteiger charge is 2.85. The predicted molar refractivity (Wildman–Crippen MR) is 144 cm³/mol. The van der Waals surface area contributed by atoms with Gasteiger partial charge in [0.15, 0.2) is 12.1 Å². The Morgan fingerprint density at radius 3 is 2.05 bits per heavy atom. The molecule has 0 radical (unpaired) electrons. The molecule has 0 bridgehead atoms. The number of halogens is 6. The molecule has 2 aromatic rings. The second-order valence-corrected chi connectivity index (χ2v) is 12.3. The third-order valence-electron chi connectivity index (χ3n) is 9.89. The highest BCUT2D eigenvalue weighted by molar-refractivity contribution is 6.03. The highest BCUT2D eigenvalue weighted by Crippen LogP contribution is 2.75. The Morgan fingerprint density at radius 1 is 0.841 bits per heavy atom. The molecule has 2 aromatic carbocycles. The Bertz CT molecular complexity index is 1380. The highest BCUT2D eigenvalue weighted by atomic mass is 19.4. The van der Waals surface area contributed by atoms with Crippen LogP contribution in [-0.2, 0) is 54.1 Å². The van der Waals surface area contributed by atoms with Crippen LogP contribution in [0.4, 0.5) is 26.3 Å². The number of hydrogen-bond donors (Lipinski definition) is 0. The van der Waals surface area contributed by atoms with E-state index in [-0.39, 0.29) is 50.6 Å². The maximum atomic E-state index is 14.5. The summed E-state index contributed by atoms with van der Waals surface area (Å²) in [5.74, 6) is -0.544. The lowest BCUT2D eigenvalue weighted by Gasteiger charge is -2.48. The summed E-state index contributed by atoms with van der Waals surface area (Å²) in [5, 5.41) is 0. The van der Waals surface area contributed by atoms with Gasteiger partial charge in [-0.3, -0.25) is 9.59 Å². The van der Waals surface area contributed by atoms with Gasteiger partial charge in [0.1, 0.15) is 5.78 Å². The molecule has 3 aliphatic rings. The van der Waals surface area contributed by atoms with Gasteiger partial charge in [-0.2, -0.15) is 26.3 Å². The summed E-state index contributed by atoms with van der Waals surface area (Å²) >= 11 is 0. The number of alkyl halides is 6. The van der Waals surface area contributed by atoms with Gasteiger partial charge in [0.25, 0.3) is 0 Å². The molecule has 1 saturated heterocycles. The average Bonchev–Trinajstić information content (AvgIpc) is 3.43. The second-order valence-electron chi connectivity index (χ2n) is 12.3. The Balaban J connectivity index is 1.52. The summed E-state index contributed by atoms with van der Waals surface area (Å²) in [7, 11) is 0. The van der Waals surface area contributed by atoms with E-state index in [0.29, 0.717) is 18.2 Å². The Kier molecular flexibility index (Phi) is 8.31. The fourth-order valence-corrected chi connectivity index (χ4v) is 7.72. The van der Waals surface area contributed by atoms with Crippen molar-refractivity contribution in [2.45, 2.75) is 77.5 Å². The lowest BCUT2D eigenvalue weighted by atomic mass is 9.61. The van der Waals surface area contributed by atoms with E-state index in [1.54, 1.807) is 20.8 Å². The zero-order chi connectivity index (χ0) is 32.2. The molecule has 12 heteroatoms. The van der Waals surface area contributed by atoms with Crippen LogP contribution in [0.3, 0.4) is 0 Å². The molecule has 0 unspecified atom stereocenters. The quantitative estimate of drug-likeness (QED) is 0.266. The van der Waals surface area contributed by atoms with Crippen LogP contribution in [-0.4, -0.2) is 43.3 Å². The first-order valence-electron chi connectivity index (χ1n) is 14.4. The van der Waals surface area contributed by atoms with Crippen LogP contribution in [0.5, 0.6) is 0 Å². The molecule has 0 amide bonds. The Morgan fingerprint density at radius 2 is 1.45 bits per heavy atom. The molecule has 240 valence electrons. The van der Waals surface area contributed by atoms with Gasteiger partial charge >= 0.3 is 12.4 Å². The third-order valence-corrected chi connectivity index (χ3v) is 9.89. The molecule has 0 spiro atoms. The van der Waals surface area contributed by atoms with Crippen molar-refractivity contribution in [1.82, 2.24) is 0 Å². The van der Waals surface area contributed by atoms with Crippen LogP contribution < -0.4 is 0 Å². The number of ketones is 2. The predicted octanol–water partition coefficient (Wildman–Crippen LogP) is 6.92. The van der Waals surface area contributed by atoms with Gasteiger partial charge < -0.3 is 18.9 Å². The van der Waals surface area contributed by atoms with Gasteiger partial charge in [0.05, 0.1) is 54.0 Å². The molecule has 5 rings (SSSR count). The van der Waals surface area contributed by atoms with Crippen molar-refractivity contribution in [3.63, 3.8) is 0 Å². The van der Waals surface area contributed by atoms with Crippen LogP contribution in [0.2, 0.25) is 0 Å². The van der Waals surface area contributed by atoms with E-state index >= 15 is 0 Å². The first-order valence-corrected chi connectivity index (χ1v) is 14.4. The van der Waals surface area contributed by atoms with E-state index in [9.17, 15) is 35.9 Å². The van der Waals surface area contributed by atoms with E-state index in [1.807, 2.05) is 30.3 Å². The number of benzene rings is 2. The van der Waals surface area contributed by atoms with Gasteiger partial charge in [-0.25, -0.2) is 0 Å². The molecule has 0 N–H and O–H groups in total. The first-order chi connectivity index (χ1) is 20.5. The van der Waals surface area contributed by atoms with Crippen LogP contribution in [0, 0.1) is 16.2 Å². The maximum Gasteiger partial charge on any atom is 0.416 e. The molecule has 44 heavy (non-hydrogen) atoms. The summed E-state index contributed by atoms with van der Waals surface area (Å²) in [6.07, 6.45) is -11.2. The largest absolute Gasteiger partial charge is 0.416 e. The molecular formula is C32H34F6O6. The minimum atomic E-state index is -5.07. The van der Waals surface area contributed by atoms with E-state index in [2.05, 4.69) is 0 Å².